The molecule has 0 saturated heterocycles. The summed E-state index contributed by atoms with van der Waals surface area (Å²) in [5, 5.41) is 3.09. The van der Waals surface area contributed by atoms with Gasteiger partial charge in [-0.3, -0.25) is 4.98 Å². The van der Waals surface area contributed by atoms with Gasteiger partial charge in [-0.1, -0.05) is 32.0 Å². The number of hydrogen-bond donors (Lipinski definition) is 1. The molecule has 1 aromatic carbocycles. The fourth-order valence-electron chi connectivity index (χ4n) is 1.36. The first-order valence-electron chi connectivity index (χ1n) is 5.58. The van der Waals surface area contributed by atoms with Gasteiger partial charge in [0.2, 0.25) is 0 Å². The zero-order chi connectivity index (χ0) is 11.8. The molecule has 1 N–H and O–H groups in total. The molecule has 0 radical (unpaired) electrons. The molecule has 84 valence electrons. The molecule has 0 aliphatic carbocycles. The molecule has 0 saturated carbocycles. The minimum absolute atomic E-state index is 1.12. The van der Waals surface area contributed by atoms with Gasteiger partial charge in [0.05, 0.1) is 0 Å². The Morgan fingerprint density at radius 2 is 1.62 bits per heavy atom. The van der Waals surface area contributed by atoms with Crippen LogP contribution in [0.2, 0.25) is 0 Å². The summed E-state index contributed by atoms with van der Waals surface area (Å²) in [6.45, 7) is 4.00. The highest BCUT2D eigenvalue weighted by molar-refractivity contribution is 5.64. The second kappa shape index (κ2) is 6.62. The SMILES string of the molecule is CC.CNc1ccc(-c2cccnc2)cc1. The van der Waals surface area contributed by atoms with Crippen molar-refractivity contribution in [3.8, 4) is 11.1 Å². The Bertz CT molecular complexity index is 393. The third-order valence-corrected chi connectivity index (χ3v) is 2.17. The summed E-state index contributed by atoms with van der Waals surface area (Å²) < 4.78 is 0. The molecular formula is C14H18N2. The summed E-state index contributed by atoms with van der Waals surface area (Å²) in [5.41, 5.74) is 3.46. The Labute approximate surface area is 97.4 Å². The predicted octanol–water partition coefficient (Wildman–Crippen LogP) is 3.82. The van der Waals surface area contributed by atoms with Gasteiger partial charge in [0.15, 0.2) is 0 Å². The van der Waals surface area contributed by atoms with Gasteiger partial charge in [0.25, 0.3) is 0 Å². The number of pyridine rings is 1. The maximum Gasteiger partial charge on any atom is 0.0346 e. The highest BCUT2D eigenvalue weighted by Crippen LogP contribution is 2.19. The summed E-state index contributed by atoms with van der Waals surface area (Å²) in [6, 6.07) is 12.3. The summed E-state index contributed by atoms with van der Waals surface area (Å²) >= 11 is 0. The molecule has 2 aromatic rings. The van der Waals surface area contributed by atoms with Crippen molar-refractivity contribution in [3.63, 3.8) is 0 Å². The summed E-state index contributed by atoms with van der Waals surface area (Å²) in [4.78, 5) is 4.09. The Kier molecular flexibility index (Phi) is 5.06. The number of nitrogens with one attached hydrogen (secondary N) is 1. The molecule has 2 nitrogen and oxygen atoms in total. The van der Waals surface area contributed by atoms with Gasteiger partial charge in [-0.15, -0.1) is 0 Å². The van der Waals surface area contributed by atoms with Crippen molar-refractivity contribution in [2.24, 2.45) is 0 Å². The minimum Gasteiger partial charge on any atom is -0.388 e. The van der Waals surface area contributed by atoms with Gasteiger partial charge in [-0.05, 0) is 29.3 Å². The van der Waals surface area contributed by atoms with E-state index in [-0.39, 0.29) is 0 Å². The monoisotopic (exact) mass is 214 g/mol. The van der Waals surface area contributed by atoms with Crippen molar-refractivity contribution in [2.45, 2.75) is 13.8 Å². The van der Waals surface area contributed by atoms with Crippen LogP contribution in [0.5, 0.6) is 0 Å². The van der Waals surface area contributed by atoms with E-state index >= 15 is 0 Å². The van der Waals surface area contributed by atoms with E-state index in [4.69, 9.17) is 0 Å². The van der Waals surface area contributed by atoms with E-state index in [1.165, 1.54) is 5.56 Å². The molecule has 0 fully saturated rings. The predicted molar refractivity (Wildman–Crippen MR) is 70.6 cm³/mol. The fraction of sp³-hybridized carbons (Fsp3) is 0.214. The first-order valence-corrected chi connectivity index (χ1v) is 5.58. The van der Waals surface area contributed by atoms with Crippen LogP contribution in [0.15, 0.2) is 48.8 Å². The Morgan fingerprint density at radius 3 is 2.12 bits per heavy atom. The Balaban J connectivity index is 0.000000606. The lowest BCUT2D eigenvalue weighted by Crippen LogP contribution is -1.86. The van der Waals surface area contributed by atoms with E-state index in [2.05, 4.69) is 40.6 Å². The number of benzene rings is 1. The van der Waals surface area contributed by atoms with Gasteiger partial charge in [0, 0.05) is 25.1 Å². The second-order valence-corrected chi connectivity index (χ2v) is 3.07. The first-order chi connectivity index (χ1) is 7.90. The van der Waals surface area contributed by atoms with Crippen LogP contribution in [-0.4, -0.2) is 12.0 Å². The molecule has 0 amide bonds. The summed E-state index contributed by atoms with van der Waals surface area (Å²) in [5.74, 6) is 0. The van der Waals surface area contributed by atoms with Crippen molar-refractivity contribution >= 4 is 5.69 Å². The van der Waals surface area contributed by atoms with Gasteiger partial charge < -0.3 is 5.32 Å². The van der Waals surface area contributed by atoms with Crippen LogP contribution >= 0.6 is 0 Å². The van der Waals surface area contributed by atoms with Crippen LogP contribution in [0, 0.1) is 0 Å². The molecule has 0 atom stereocenters. The molecule has 2 heteroatoms. The second-order valence-electron chi connectivity index (χ2n) is 3.07. The molecule has 0 unspecified atom stereocenters. The molecule has 2 rings (SSSR count). The van der Waals surface area contributed by atoms with E-state index in [1.807, 2.05) is 33.2 Å². The lowest BCUT2D eigenvalue weighted by molar-refractivity contribution is 1.33. The molecule has 0 aliphatic rings. The van der Waals surface area contributed by atoms with E-state index < -0.39 is 0 Å². The zero-order valence-corrected chi connectivity index (χ0v) is 10.1. The van der Waals surface area contributed by atoms with Gasteiger partial charge in [-0.2, -0.15) is 0 Å². The average Bonchev–Trinajstić information content (AvgIpc) is 2.42. The molecule has 16 heavy (non-hydrogen) atoms. The van der Waals surface area contributed by atoms with Crippen LogP contribution in [0.25, 0.3) is 11.1 Å². The number of aromatic nitrogens is 1. The normalized spacial score (nSPS) is 8.94. The van der Waals surface area contributed by atoms with Gasteiger partial charge in [-0.25, -0.2) is 0 Å². The highest BCUT2D eigenvalue weighted by Gasteiger charge is 1.95. The number of rotatable bonds is 2. The zero-order valence-electron chi connectivity index (χ0n) is 10.1. The number of nitrogens with zero attached hydrogens (tertiary/aromatic N) is 1. The first kappa shape index (κ1) is 12.2. The third-order valence-electron chi connectivity index (χ3n) is 2.17. The van der Waals surface area contributed by atoms with E-state index in [9.17, 15) is 0 Å². The maximum atomic E-state index is 4.09. The number of hydrogen-bond acceptors (Lipinski definition) is 2. The molecule has 0 spiro atoms. The lowest BCUT2D eigenvalue weighted by Gasteiger charge is -2.02. The van der Waals surface area contributed by atoms with Crippen LogP contribution in [0.4, 0.5) is 5.69 Å². The van der Waals surface area contributed by atoms with Crippen LogP contribution in [0.1, 0.15) is 13.8 Å². The Morgan fingerprint density at radius 1 is 0.938 bits per heavy atom. The van der Waals surface area contributed by atoms with Crippen molar-refractivity contribution < 1.29 is 0 Å². The lowest BCUT2D eigenvalue weighted by atomic mass is 10.1. The molecule has 0 aliphatic heterocycles. The highest BCUT2D eigenvalue weighted by atomic mass is 14.8. The van der Waals surface area contributed by atoms with Crippen molar-refractivity contribution in [3.05, 3.63) is 48.8 Å². The topological polar surface area (TPSA) is 24.9 Å². The van der Waals surface area contributed by atoms with Crippen molar-refractivity contribution in [2.75, 3.05) is 12.4 Å². The van der Waals surface area contributed by atoms with Crippen LogP contribution in [-0.2, 0) is 0 Å². The largest absolute Gasteiger partial charge is 0.388 e. The molecule has 1 aromatic heterocycles. The third kappa shape index (κ3) is 3.09. The van der Waals surface area contributed by atoms with Gasteiger partial charge >= 0.3 is 0 Å². The fourth-order valence-corrected chi connectivity index (χ4v) is 1.36. The van der Waals surface area contributed by atoms with Gasteiger partial charge in [0.1, 0.15) is 0 Å². The molecule has 1 heterocycles. The smallest absolute Gasteiger partial charge is 0.0346 e. The molecular weight excluding hydrogens is 196 g/mol. The van der Waals surface area contributed by atoms with E-state index in [0.717, 1.165) is 11.3 Å². The van der Waals surface area contributed by atoms with E-state index in [1.54, 1.807) is 6.20 Å². The van der Waals surface area contributed by atoms with Crippen LogP contribution < -0.4 is 5.32 Å². The number of anilines is 1. The summed E-state index contributed by atoms with van der Waals surface area (Å²) in [7, 11) is 1.92. The maximum absolute atomic E-state index is 4.09. The quantitative estimate of drug-likeness (QED) is 0.822. The average molecular weight is 214 g/mol. The van der Waals surface area contributed by atoms with E-state index in [0.29, 0.717) is 0 Å². The van der Waals surface area contributed by atoms with Crippen LogP contribution in [0.3, 0.4) is 0 Å². The van der Waals surface area contributed by atoms with Crippen molar-refractivity contribution in [1.82, 2.24) is 4.98 Å². The minimum atomic E-state index is 1.12. The van der Waals surface area contributed by atoms with Crippen molar-refractivity contribution in [1.29, 1.82) is 0 Å². The molecule has 0 bridgehead atoms. The standard InChI is InChI=1S/C12H12N2.C2H6/c1-13-12-6-4-10(5-7-12)11-3-2-8-14-9-11;1-2/h2-9,13H,1H3;1-2H3. The summed E-state index contributed by atoms with van der Waals surface area (Å²) in [6.07, 6.45) is 3.65. The Hall–Kier alpha value is -1.83.